The smallest absolute Gasteiger partial charge is 0.341 e. The van der Waals surface area contributed by atoms with Crippen LogP contribution in [0.2, 0.25) is 0 Å². The summed E-state index contributed by atoms with van der Waals surface area (Å²) >= 11 is 0. The van der Waals surface area contributed by atoms with Crippen LogP contribution >= 0.6 is 0 Å². The third-order valence-electron chi connectivity index (χ3n) is 3.32. The van der Waals surface area contributed by atoms with Gasteiger partial charge in [-0.15, -0.1) is 0 Å². The Labute approximate surface area is 116 Å². The summed E-state index contributed by atoms with van der Waals surface area (Å²) in [6, 6.07) is 5.97. The van der Waals surface area contributed by atoms with E-state index in [-0.39, 0.29) is 11.5 Å². The minimum Gasteiger partial charge on any atom is -0.395 e. The van der Waals surface area contributed by atoms with E-state index in [1.54, 1.807) is 12.1 Å². The number of halogens is 2. The summed E-state index contributed by atoms with van der Waals surface area (Å²) in [7, 11) is -4.52. The highest BCUT2D eigenvalue weighted by atomic mass is 32.2. The molecule has 20 heavy (non-hydrogen) atoms. The third kappa shape index (κ3) is 3.53. The number of alkyl halides is 2. The number of hydrogen-bond acceptors (Lipinski definition) is 4. The van der Waals surface area contributed by atoms with Crippen molar-refractivity contribution in [2.24, 2.45) is 0 Å². The predicted molar refractivity (Wildman–Crippen MR) is 70.1 cm³/mol. The van der Waals surface area contributed by atoms with E-state index in [2.05, 4.69) is 4.90 Å². The van der Waals surface area contributed by atoms with Gasteiger partial charge in [-0.25, -0.2) is 8.42 Å². The lowest BCUT2D eigenvalue weighted by atomic mass is 10.2. The molecule has 4 nitrogen and oxygen atoms in total. The number of hydrogen-bond donors (Lipinski definition) is 1. The molecule has 1 aliphatic rings. The third-order valence-corrected chi connectivity index (χ3v) is 4.72. The molecule has 112 valence electrons. The lowest BCUT2D eigenvalue weighted by Crippen LogP contribution is -2.28. The summed E-state index contributed by atoms with van der Waals surface area (Å²) in [6.45, 7) is 1.20. The Balaban J connectivity index is 2.08. The second-order valence-corrected chi connectivity index (χ2v) is 6.79. The fraction of sp³-hybridized carbons (Fsp3) is 0.538. The van der Waals surface area contributed by atoms with Crippen LogP contribution in [0.4, 0.5) is 8.78 Å². The highest BCUT2D eigenvalue weighted by Crippen LogP contribution is 2.28. The van der Waals surface area contributed by atoms with E-state index < -0.39 is 15.6 Å². The molecule has 1 aliphatic carbocycles. The lowest BCUT2D eigenvalue weighted by molar-refractivity contribution is 0.183. The Hall–Kier alpha value is -1.05. The van der Waals surface area contributed by atoms with E-state index in [0.717, 1.165) is 18.4 Å². The van der Waals surface area contributed by atoms with Crippen LogP contribution < -0.4 is 0 Å². The van der Waals surface area contributed by atoms with Crippen LogP contribution in [0.15, 0.2) is 29.2 Å². The zero-order chi connectivity index (χ0) is 14.8. The summed E-state index contributed by atoms with van der Waals surface area (Å²) in [5.41, 5.74) is 0.846. The minimum atomic E-state index is -4.52. The number of rotatable bonds is 7. The maximum absolute atomic E-state index is 12.4. The molecule has 0 saturated heterocycles. The standard InChI is InChI=1S/C13H17F2NO3S/c14-13(15)20(18,19)12-5-1-10(2-6-12)9-16(7-8-17)11-3-4-11/h1-2,5-6,11,13,17H,3-4,7-9H2. The Morgan fingerprint density at radius 3 is 2.30 bits per heavy atom. The Kier molecular flexibility index (Phi) is 4.72. The first kappa shape index (κ1) is 15.3. The van der Waals surface area contributed by atoms with Gasteiger partial charge in [-0.2, -0.15) is 8.78 Å². The van der Waals surface area contributed by atoms with Gasteiger partial charge in [0.05, 0.1) is 11.5 Å². The van der Waals surface area contributed by atoms with E-state index in [0.29, 0.717) is 19.1 Å². The van der Waals surface area contributed by atoms with Crippen LogP contribution in [0.1, 0.15) is 18.4 Å². The topological polar surface area (TPSA) is 57.6 Å². The largest absolute Gasteiger partial charge is 0.395 e. The number of nitrogens with zero attached hydrogens (tertiary/aromatic N) is 1. The van der Waals surface area contributed by atoms with Gasteiger partial charge in [-0.05, 0) is 30.5 Å². The normalized spacial score (nSPS) is 16.1. The van der Waals surface area contributed by atoms with Gasteiger partial charge in [-0.1, -0.05) is 12.1 Å². The summed E-state index contributed by atoms with van der Waals surface area (Å²) in [5.74, 6) is -3.40. The second kappa shape index (κ2) is 6.15. The summed E-state index contributed by atoms with van der Waals surface area (Å²) in [6.07, 6.45) is 2.19. The first-order valence-corrected chi connectivity index (χ1v) is 7.95. The van der Waals surface area contributed by atoms with E-state index in [4.69, 9.17) is 5.11 Å². The van der Waals surface area contributed by atoms with Crippen molar-refractivity contribution in [1.82, 2.24) is 4.90 Å². The second-order valence-electron chi connectivity index (χ2n) is 4.87. The molecule has 2 rings (SSSR count). The molecule has 1 fully saturated rings. The van der Waals surface area contributed by atoms with Crippen molar-refractivity contribution in [1.29, 1.82) is 0 Å². The number of aliphatic hydroxyl groups is 1. The van der Waals surface area contributed by atoms with Crippen molar-refractivity contribution >= 4 is 9.84 Å². The molecular weight excluding hydrogens is 288 g/mol. The van der Waals surface area contributed by atoms with Gasteiger partial charge in [-0.3, -0.25) is 4.90 Å². The molecule has 0 unspecified atom stereocenters. The monoisotopic (exact) mass is 305 g/mol. The molecule has 0 aromatic heterocycles. The van der Waals surface area contributed by atoms with Crippen molar-refractivity contribution in [3.8, 4) is 0 Å². The van der Waals surface area contributed by atoms with Crippen molar-refractivity contribution in [3.05, 3.63) is 29.8 Å². The molecule has 0 spiro atoms. The molecule has 0 atom stereocenters. The molecule has 1 saturated carbocycles. The lowest BCUT2D eigenvalue weighted by Gasteiger charge is -2.20. The van der Waals surface area contributed by atoms with Crippen LogP contribution in [0.5, 0.6) is 0 Å². The maximum atomic E-state index is 12.4. The van der Waals surface area contributed by atoms with Crippen LogP contribution in [-0.2, 0) is 16.4 Å². The predicted octanol–water partition coefficient (Wildman–Crippen LogP) is 1.64. The Bertz CT molecular complexity index is 541. The number of benzene rings is 1. The molecule has 0 heterocycles. The number of sulfone groups is 1. The van der Waals surface area contributed by atoms with E-state index in [1.165, 1.54) is 12.1 Å². The van der Waals surface area contributed by atoms with E-state index in [1.807, 2.05) is 0 Å². The molecule has 1 aromatic rings. The zero-order valence-electron chi connectivity index (χ0n) is 10.9. The minimum absolute atomic E-state index is 0.0638. The quantitative estimate of drug-likeness (QED) is 0.832. The molecule has 0 radical (unpaired) electrons. The van der Waals surface area contributed by atoms with Crippen molar-refractivity contribution in [3.63, 3.8) is 0 Å². The highest BCUT2D eigenvalue weighted by Gasteiger charge is 2.29. The van der Waals surface area contributed by atoms with Crippen LogP contribution in [0, 0.1) is 0 Å². The van der Waals surface area contributed by atoms with Gasteiger partial charge in [0.15, 0.2) is 0 Å². The van der Waals surface area contributed by atoms with Gasteiger partial charge < -0.3 is 5.11 Å². The van der Waals surface area contributed by atoms with Crippen molar-refractivity contribution < 1.29 is 22.3 Å². The van der Waals surface area contributed by atoms with E-state index in [9.17, 15) is 17.2 Å². The van der Waals surface area contributed by atoms with Crippen LogP contribution in [-0.4, -0.2) is 43.4 Å². The van der Waals surface area contributed by atoms with Gasteiger partial charge in [0.2, 0.25) is 9.84 Å². The first-order valence-electron chi connectivity index (χ1n) is 6.41. The molecule has 1 N–H and O–H groups in total. The molecule has 0 amide bonds. The summed E-state index contributed by atoms with van der Waals surface area (Å²) in [5, 5.41) is 9.00. The fourth-order valence-corrected chi connectivity index (χ4v) is 2.80. The summed E-state index contributed by atoms with van der Waals surface area (Å²) < 4.78 is 47.4. The molecular formula is C13H17F2NO3S. The van der Waals surface area contributed by atoms with Crippen LogP contribution in [0.25, 0.3) is 0 Å². The number of aliphatic hydroxyl groups excluding tert-OH is 1. The fourth-order valence-electron chi connectivity index (χ4n) is 2.08. The average molecular weight is 305 g/mol. The molecule has 1 aromatic carbocycles. The van der Waals surface area contributed by atoms with Crippen molar-refractivity contribution in [2.75, 3.05) is 13.2 Å². The molecule has 0 aliphatic heterocycles. The SMILES string of the molecule is O=S(=O)(c1ccc(CN(CCO)C2CC2)cc1)C(F)F. The van der Waals surface area contributed by atoms with Gasteiger partial charge in [0.1, 0.15) is 0 Å². The first-order chi connectivity index (χ1) is 9.45. The van der Waals surface area contributed by atoms with Gasteiger partial charge >= 0.3 is 5.76 Å². The van der Waals surface area contributed by atoms with Crippen molar-refractivity contribution in [2.45, 2.75) is 36.1 Å². The maximum Gasteiger partial charge on any atom is 0.341 e. The zero-order valence-corrected chi connectivity index (χ0v) is 11.7. The van der Waals surface area contributed by atoms with Gasteiger partial charge in [0, 0.05) is 19.1 Å². The Morgan fingerprint density at radius 1 is 1.25 bits per heavy atom. The summed E-state index contributed by atoms with van der Waals surface area (Å²) in [4.78, 5) is 1.74. The average Bonchev–Trinajstić information content (AvgIpc) is 3.23. The highest BCUT2D eigenvalue weighted by molar-refractivity contribution is 7.91. The Morgan fingerprint density at radius 2 is 1.85 bits per heavy atom. The van der Waals surface area contributed by atoms with E-state index >= 15 is 0 Å². The van der Waals surface area contributed by atoms with Gasteiger partial charge in [0.25, 0.3) is 0 Å². The van der Waals surface area contributed by atoms with Crippen LogP contribution in [0.3, 0.4) is 0 Å². The molecule has 0 bridgehead atoms. The molecule has 7 heteroatoms.